The summed E-state index contributed by atoms with van der Waals surface area (Å²) in [5, 5.41) is 0. The Morgan fingerprint density at radius 1 is 1.13 bits per heavy atom. The lowest BCUT2D eigenvalue weighted by Crippen LogP contribution is -2.29. The van der Waals surface area contributed by atoms with Crippen LogP contribution in [0.2, 0.25) is 0 Å². The summed E-state index contributed by atoms with van der Waals surface area (Å²) in [5.74, 6) is -1.11. The minimum Gasteiger partial charge on any atom is -0.466 e. The van der Waals surface area contributed by atoms with Crippen LogP contribution < -0.4 is 0 Å². The number of hydrogen-bond donors (Lipinski definition) is 0. The molecule has 15 heavy (non-hydrogen) atoms. The van der Waals surface area contributed by atoms with Crippen LogP contribution in [0.4, 0.5) is 0 Å². The van der Waals surface area contributed by atoms with Gasteiger partial charge in [-0.05, 0) is 13.8 Å². The number of hydrogen-bond acceptors (Lipinski definition) is 5. The molecule has 0 aromatic heterocycles. The van der Waals surface area contributed by atoms with E-state index in [9.17, 15) is 9.59 Å². The summed E-state index contributed by atoms with van der Waals surface area (Å²) in [4.78, 5) is 24.2. The highest BCUT2D eigenvalue weighted by Gasteiger charge is 2.17. The fourth-order valence-electron chi connectivity index (χ4n) is 1.12. The summed E-state index contributed by atoms with van der Waals surface area (Å²) >= 11 is 0. The average molecular weight is 215 g/mol. The van der Waals surface area contributed by atoms with Gasteiger partial charge in [0.15, 0.2) is 0 Å². The minimum absolute atomic E-state index is 0.217. The molecule has 0 atom stereocenters. The van der Waals surface area contributed by atoms with Gasteiger partial charge in [0.25, 0.3) is 0 Å². The predicted molar refractivity (Wildman–Crippen MR) is 55.0 cm³/mol. The van der Waals surface area contributed by atoms with Gasteiger partial charge < -0.3 is 14.4 Å². The first-order valence-corrected chi connectivity index (χ1v) is 4.73. The molecule has 0 rings (SSSR count). The van der Waals surface area contributed by atoms with Gasteiger partial charge in [0, 0.05) is 13.1 Å². The summed E-state index contributed by atoms with van der Waals surface area (Å²) in [6.07, 6.45) is 1.14. The molecule has 86 valence electrons. The molecule has 0 amide bonds. The molecule has 5 nitrogen and oxygen atoms in total. The number of esters is 2. The Hall–Kier alpha value is -1.52. The van der Waals surface area contributed by atoms with Crippen molar-refractivity contribution in [3.63, 3.8) is 0 Å². The quantitative estimate of drug-likeness (QED) is 0.495. The van der Waals surface area contributed by atoms with Crippen molar-refractivity contribution in [2.75, 3.05) is 27.3 Å². The van der Waals surface area contributed by atoms with Gasteiger partial charge in [-0.25, -0.2) is 9.59 Å². The van der Waals surface area contributed by atoms with Crippen LogP contribution >= 0.6 is 0 Å². The number of likely N-dealkylation sites (N-methyl/N-ethyl adjacent to an activating group) is 1. The van der Waals surface area contributed by atoms with Crippen molar-refractivity contribution in [2.45, 2.75) is 13.8 Å². The number of rotatable bonds is 5. The van der Waals surface area contributed by atoms with Crippen LogP contribution in [0.3, 0.4) is 0 Å². The Kier molecular flexibility index (Phi) is 6.17. The Morgan fingerprint density at radius 2 is 1.67 bits per heavy atom. The van der Waals surface area contributed by atoms with Crippen LogP contribution in [0, 0.1) is 0 Å². The molecule has 0 fully saturated rings. The Labute approximate surface area is 89.6 Å². The second kappa shape index (κ2) is 6.86. The third-order valence-electron chi connectivity index (χ3n) is 1.95. The molecule has 0 radical (unpaired) electrons. The second-order valence-corrected chi connectivity index (χ2v) is 2.72. The normalized spacial score (nSPS) is 10.8. The number of ether oxygens (including phenoxy) is 2. The molecule has 0 heterocycles. The zero-order valence-electron chi connectivity index (χ0n) is 9.57. The Balaban J connectivity index is 4.94. The highest BCUT2D eigenvalue weighted by Crippen LogP contribution is 2.06. The van der Waals surface area contributed by atoms with E-state index in [-0.39, 0.29) is 5.70 Å². The minimum atomic E-state index is -0.567. The largest absolute Gasteiger partial charge is 0.466 e. The zero-order chi connectivity index (χ0) is 11.8. The predicted octanol–water partition coefficient (Wildman–Crippen LogP) is 0.558. The van der Waals surface area contributed by atoms with E-state index in [0.717, 1.165) is 6.08 Å². The molecule has 0 aliphatic carbocycles. The molecule has 5 heteroatoms. The molecule has 0 saturated heterocycles. The Bertz CT molecular complexity index is 256. The summed E-state index contributed by atoms with van der Waals surface area (Å²) in [7, 11) is 2.53. The van der Waals surface area contributed by atoms with E-state index in [0.29, 0.717) is 13.1 Å². The van der Waals surface area contributed by atoms with Crippen LogP contribution in [-0.2, 0) is 19.1 Å². The van der Waals surface area contributed by atoms with Crippen LogP contribution in [0.1, 0.15) is 13.8 Å². The maximum atomic E-state index is 11.4. The van der Waals surface area contributed by atoms with Crippen molar-refractivity contribution in [3.05, 3.63) is 11.8 Å². The highest BCUT2D eigenvalue weighted by atomic mass is 16.5. The first-order valence-electron chi connectivity index (χ1n) is 4.73. The average Bonchev–Trinajstić information content (AvgIpc) is 2.27. The first kappa shape index (κ1) is 13.5. The van der Waals surface area contributed by atoms with E-state index >= 15 is 0 Å². The van der Waals surface area contributed by atoms with Crippen molar-refractivity contribution in [2.24, 2.45) is 0 Å². The second-order valence-electron chi connectivity index (χ2n) is 2.72. The summed E-state index contributed by atoms with van der Waals surface area (Å²) < 4.78 is 9.05. The third kappa shape index (κ3) is 4.01. The van der Waals surface area contributed by atoms with Gasteiger partial charge in [-0.15, -0.1) is 0 Å². The van der Waals surface area contributed by atoms with Gasteiger partial charge in [0.1, 0.15) is 5.70 Å². The SMILES string of the molecule is CCN(CC)/C(=C/C(=O)OC)C(=O)OC. The van der Waals surface area contributed by atoms with E-state index in [2.05, 4.69) is 9.47 Å². The lowest BCUT2D eigenvalue weighted by molar-refractivity contribution is -0.140. The number of carbonyl (C=O) groups is 2. The van der Waals surface area contributed by atoms with Crippen molar-refractivity contribution in [3.8, 4) is 0 Å². The molecule has 0 aromatic rings. The summed E-state index contributed by atoms with van der Waals surface area (Å²) in [5.41, 5.74) is 0.217. The zero-order valence-corrected chi connectivity index (χ0v) is 9.57. The summed E-state index contributed by atoms with van der Waals surface area (Å²) in [6.45, 7) is 5.01. The maximum absolute atomic E-state index is 11.4. The van der Waals surface area contributed by atoms with Crippen molar-refractivity contribution in [1.29, 1.82) is 0 Å². The van der Waals surface area contributed by atoms with Crippen LogP contribution in [-0.4, -0.2) is 44.1 Å². The number of nitrogens with zero attached hydrogens (tertiary/aromatic N) is 1. The van der Waals surface area contributed by atoms with Crippen LogP contribution in [0.25, 0.3) is 0 Å². The van der Waals surface area contributed by atoms with E-state index in [4.69, 9.17) is 0 Å². The standard InChI is InChI=1S/C10H17NO4/c1-5-11(6-2)8(10(13)15-4)7-9(12)14-3/h7H,5-6H2,1-4H3/b8-7+. The fraction of sp³-hybridized carbons (Fsp3) is 0.600. The molecular formula is C10H17NO4. The molecule has 0 spiro atoms. The number of carbonyl (C=O) groups excluding carboxylic acids is 2. The van der Waals surface area contributed by atoms with Crippen LogP contribution in [0.5, 0.6) is 0 Å². The van der Waals surface area contributed by atoms with E-state index in [1.807, 2.05) is 13.8 Å². The first-order chi connectivity index (χ1) is 7.10. The van der Waals surface area contributed by atoms with Gasteiger partial charge in [-0.2, -0.15) is 0 Å². The van der Waals surface area contributed by atoms with Crippen molar-refractivity contribution >= 4 is 11.9 Å². The lowest BCUT2D eigenvalue weighted by atomic mass is 10.3. The molecule has 0 aromatic carbocycles. The van der Waals surface area contributed by atoms with E-state index in [1.165, 1.54) is 14.2 Å². The molecule has 0 N–H and O–H groups in total. The maximum Gasteiger partial charge on any atom is 0.354 e. The topological polar surface area (TPSA) is 55.8 Å². The molecule has 0 aliphatic rings. The fourth-order valence-corrected chi connectivity index (χ4v) is 1.12. The van der Waals surface area contributed by atoms with E-state index in [1.54, 1.807) is 4.90 Å². The molecule has 0 saturated carbocycles. The van der Waals surface area contributed by atoms with Gasteiger partial charge in [0.2, 0.25) is 0 Å². The monoisotopic (exact) mass is 215 g/mol. The number of methoxy groups -OCH3 is 2. The molecule has 0 aliphatic heterocycles. The lowest BCUT2D eigenvalue weighted by Gasteiger charge is -2.21. The van der Waals surface area contributed by atoms with Gasteiger partial charge in [0.05, 0.1) is 20.3 Å². The van der Waals surface area contributed by atoms with Crippen LogP contribution in [0.15, 0.2) is 11.8 Å². The third-order valence-corrected chi connectivity index (χ3v) is 1.95. The smallest absolute Gasteiger partial charge is 0.354 e. The van der Waals surface area contributed by atoms with Gasteiger partial charge >= 0.3 is 11.9 Å². The highest BCUT2D eigenvalue weighted by molar-refractivity contribution is 5.95. The van der Waals surface area contributed by atoms with Crippen molar-refractivity contribution < 1.29 is 19.1 Å². The molecule has 0 bridgehead atoms. The van der Waals surface area contributed by atoms with Crippen molar-refractivity contribution in [1.82, 2.24) is 4.90 Å². The van der Waals surface area contributed by atoms with E-state index < -0.39 is 11.9 Å². The summed E-state index contributed by atoms with van der Waals surface area (Å²) in [6, 6.07) is 0. The molecule has 0 unspecified atom stereocenters. The van der Waals surface area contributed by atoms with Gasteiger partial charge in [-0.1, -0.05) is 0 Å². The molecular weight excluding hydrogens is 198 g/mol. The Morgan fingerprint density at radius 3 is 2.00 bits per heavy atom. The van der Waals surface area contributed by atoms with Gasteiger partial charge in [-0.3, -0.25) is 0 Å².